The Hall–Kier alpha value is -1.13. The molecule has 102 valence electrons. The van der Waals surface area contributed by atoms with Crippen molar-refractivity contribution in [3.63, 3.8) is 0 Å². The fourth-order valence-electron chi connectivity index (χ4n) is 2.20. The van der Waals surface area contributed by atoms with Crippen LogP contribution in [0, 0.1) is 0 Å². The molecule has 2 rings (SSSR count). The molecule has 0 bridgehead atoms. The van der Waals surface area contributed by atoms with E-state index in [4.69, 9.17) is 0 Å². The molecule has 4 heteroatoms. The van der Waals surface area contributed by atoms with Gasteiger partial charge in [0.25, 0.3) is 0 Å². The Labute approximate surface area is 123 Å². The number of nitrogens with zero attached hydrogens (tertiary/aromatic N) is 2. The maximum Gasteiger partial charge on any atom is 0.0946 e. The van der Waals surface area contributed by atoms with E-state index in [-0.39, 0.29) is 0 Å². The van der Waals surface area contributed by atoms with E-state index in [0.29, 0.717) is 6.04 Å². The van der Waals surface area contributed by atoms with E-state index in [1.807, 2.05) is 19.6 Å². The Balaban J connectivity index is 2.16. The number of halogens is 1. The topological polar surface area (TPSA) is 29.9 Å². The normalized spacial score (nSPS) is 12.6. The molecule has 1 heterocycles. The smallest absolute Gasteiger partial charge is 0.0946 e. The van der Waals surface area contributed by atoms with Gasteiger partial charge in [0.1, 0.15) is 0 Å². The number of benzene rings is 1. The lowest BCUT2D eigenvalue weighted by molar-refractivity contribution is 0.504. The van der Waals surface area contributed by atoms with Gasteiger partial charge < -0.3 is 9.88 Å². The third-order valence-electron chi connectivity index (χ3n) is 3.18. The van der Waals surface area contributed by atoms with E-state index in [9.17, 15) is 0 Å². The molecular weight excluding hydrogens is 302 g/mol. The molecule has 0 aliphatic heterocycles. The van der Waals surface area contributed by atoms with Gasteiger partial charge in [-0.05, 0) is 37.1 Å². The van der Waals surface area contributed by atoms with Crippen LogP contribution in [0.4, 0.5) is 0 Å². The quantitative estimate of drug-likeness (QED) is 0.883. The summed E-state index contributed by atoms with van der Waals surface area (Å²) in [6.07, 6.45) is 5.91. The van der Waals surface area contributed by atoms with Crippen molar-refractivity contribution in [3.05, 3.63) is 52.5 Å². The molecule has 1 atom stereocenters. The van der Waals surface area contributed by atoms with E-state index >= 15 is 0 Å². The molecule has 0 aliphatic carbocycles. The van der Waals surface area contributed by atoms with Crippen LogP contribution in [-0.2, 0) is 13.5 Å². The summed E-state index contributed by atoms with van der Waals surface area (Å²) in [7, 11) is 2.05. The summed E-state index contributed by atoms with van der Waals surface area (Å²) in [4.78, 5) is 4.22. The van der Waals surface area contributed by atoms with E-state index in [2.05, 4.69) is 62.0 Å². The summed E-state index contributed by atoms with van der Waals surface area (Å²) in [6, 6.07) is 8.79. The Morgan fingerprint density at radius 2 is 2.26 bits per heavy atom. The van der Waals surface area contributed by atoms with Gasteiger partial charge in [-0.15, -0.1) is 0 Å². The monoisotopic (exact) mass is 321 g/mol. The first-order valence-electron chi connectivity index (χ1n) is 6.64. The largest absolute Gasteiger partial charge is 0.336 e. The van der Waals surface area contributed by atoms with Crippen molar-refractivity contribution in [2.24, 2.45) is 7.05 Å². The highest BCUT2D eigenvalue weighted by Gasteiger charge is 2.14. The zero-order valence-corrected chi connectivity index (χ0v) is 13.0. The van der Waals surface area contributed by atoms with Crippen LogP contribution in [0.15, 0.2) is 41.3 Å². The molecule has 0 radical (unpaired) electrons. The van der Waals surface area contributed by atoms with E-state index in [0.717, 1.165) is 23.9 Å². The lowest BCUT2D eigenvalue weighted by atomic mass is 10.0. The standard InChI is InChI=1S/C15H20BrN3/c1-3-7-18-14(15-10-17-11-19(15)2)9-12-5-4-6-13(16)8-12/h4-6,8,10-11,14,18H,3,7,9H2,1-2H3. The van der Waals surface area contributed by atoms with Crippen LogP contribution in [0.2, 0.25) is 0 Å². The highest BCUT2D eigenvalue weighted by atomic mass is 79.9. The molecular formula is C15H20BrN3. The third-order valence-corrected chi connectivity index (χ3v) is 3.67. The third kappa shape index (κ3) is 3.91. The van der Waals surface area contributed by atoms with Crippen LogP contribution in [0.25, 0.3) is 0 Å². The van der Waals surface area contributed by atoms with Crippen molar-refractivity contribution in [3.8, 4) is 0 Å². The van der Waals surface area contributed by atoms with Crippen LogP contribution in [0.1, 0.15) is 30.6 Å². The van der Waals surface area contributed by atoms with Crippen molar-refractivity contribution in [2.45, 2.75) is 25.8 Å². The lowest BCUT2D eigenvalue weighted by Crippen LogP contribution is -2.25. The first-order chi connectivity index (χ1) is 9.20. The number of hydrogen-bond donors (Lipinski definition) is 1. The summed E-state index contributed by atoms with van der Waals surface area (Å²) >= 11 is 3.53. The predicted octanol–water partition coefficient (Wildman–Crippen LogP) is 3.47. The van der Waals surface area contributed by atoms with Gasteiger partial charge in [-0.25, -0.2) is 4.98 Å². The van der Waals surface area contributed by atoms with Gasteiger partial charge in [0.2, 0.25) is 0 Å². The lowest BCUT2D eigenvalue weighted by Gasteiger charge is -2.19. The molecule has 19 heavy (non-hydrogen) atoms. The summed E-state index contributed by atoms with van der Waals surface area (Å²) in [5, 5.41) is 3.60. The van der Waals surface area contributed by atoms with E-state index in [1.165, 1.54) is 11.3 Å². The Bertz CT molecular complexity index is 522. The van der Waals surface area contributed by atoms with Crippen LogP contribution < -0.4 is 5.32 Å². The minimum atomic E-state index is 0.307. The average molecular weight is 322 g/mol. The molecule has 0 aliphatic rings. The summed E-state index contributed by atoms with van der Waals surface area (Å²) < 4.78 is 3.22. The molecule has 0 amide bonds. The minimum Gasteiger partial charge on any atom is -0.336 e. The van der Waals surface area contributed by atoms with Gasteiger partial charge in [-0.1, -0.05) is 35.0 Å². The van der Waals surface area contributed by atoms with Gasteiger partial charge in [0.05, 0.1) is 18.1 Å². The molecule has 1 N–H and O–H groups in total. The zero-order chi connectivity index (χ0) is 13.7. The molecule has 0 saturated carbocycles. The number of rotatable bonds is 6. The highest BCUT2D eigenvalue weighted by Crippen LogP contribution is 2.20. The summed E-state index contributed by atoms with van der Waals surface area (Å²) in [6.45, 7) is 3.20. The fourth-order valence-corrected chi connectivity index (χ4v) is 2.65. The molecule has 0 saturated heterocycles. The van der Waals surface area contributed by atoms with E-state index in [1.54, 1.807) is 0 Å². The number of aryl methyl sites for hydroxylation is 1. The predicted molar refractivity (Wildman–Crippen MR) is 82.1 cm³/mol. The van der Waals surface area contributed by atoms with Crippen molar-refractivity contribution >= 4 is 15.9 Å². The van der Waals surface area contributed by atoms with Crippen LogP contribution in [-0.4, -0.2) is 16.1 Å². The molecule has 0 fully saturated rings. The maximum absolute atomic E-state index is 4.22. The maximum atomic E-state index is 4.22. The molecule has 1 unspecified atom stereocenters. The van der Waals surface area contributed by atoms with Crippen molar-refractivity contribution in [1.29, 1.82) is 0 Å². The minimum absolute atomic E-state index is 0.307. The van der Waals surface area contributed by atoms with Gasteiger partial charge in [-0.3, -0.25) is 0 Å². The van der Waals surface area contributed by atoms with Crippen LogP contribution in [0.3, 0.4) is 0 Å². The van der Waals surface area contributed by atoms with Crippen molar-refractivity contribution < 1.29 is 0 Å². The number of hydrogen-bond acceptors (Lipinski definition) is 2. The van der Waals surface area contributed by atoms with E-state index < -0.39 is 0 Å². The van der Waals surface area contributed by atoms with Crippen LogP contribution in [0.5, 0.6) is 0 Å². The molecule has 0 spiro atoms. The van der Waals surface area contributed by atoms with Gasteiger partial charge in [0.15, 0.2) is 0 Å². The number of aromatic nitrogens is 2. The Morgan fingerprint density at radius 3 is 2.89 bits per heavy atom. The average Bonchev–Trinajstić information content (AvgIpc) is 2.81. The Morgan fingerprint density at radius 1 is 1.42 bits per heavy atom. The SMILES string of the molecule is CCCNC(Cc1cccc(Br)c1)c1cncn1C. The van der Waals surface area contributed by atoms with Gasteiger partial charge in [0, 0.05) is 17.7 Å². The van der Waals surface area contributed by atoms with Gasteiger partial charge >= 0.3 is 0 Å². The highest BCUT2D eigenvalue weighted by molar-refractivity contribution is 9.10. The molecule has 1 aromatic carbocycles. The van der Waals surface area contributed by atoms with Crippen LogP contribution >= 0.6 is 15.9 Å². The fraction of sp³-hybridized carbons (Fsp3) is 0.400. The number of nitrogens with one attached hydrogen (secondary N) is 1. The number of imidazole rings is 1. The summed E-state index contributed by atoms with van der Waals surface area (Å²) in [5.74, 6) is 0. The molecule has 1 aromatic heterocycles. The zero-order valence-electron chi connectivity index (χ0n) is 11.4. The van der Waals surface area contributed by atoms with Crippen molar-refractivity contribution in [2.75, 3.05) is 6.54 Å². The van der Waals surface area contributed by atoms with Gasteiger partial charge in [-0.2, -0.15) is 0 Å². The second-order valence-corrected chi connectivity index (χ2v) is 5.69. The van der Waals surface area contributed by atoms with Crippen molar-refractivity contribution in [1.82, 2.24) is 14.9 Å². The molecule has 3 nitrogen and oxygen atoms in total. The molecule has 2 aromatic rings. The first kappa shape index (κ1) is 14.3. The second-order valence-electron chi connectivity index (χ2n) is 4.77. The first-order valence-corrected chi connectivity index (χ1v) is 7.44. The second kappa shape index (κ2) is 6.87. The Kier molecular flexibility index (Phi) is 5.16. The summed E-state index contributed by atoms with van der Waals surface area (Å²) in [5.41, 5.74) is 2.55.